The van der Waals surface area contributed by atoms with E-state index in [4.69, 9.17) is 4.74 Å². The van der Waals surface area contributed by atoms with Gasteiger partial charge in [-0.15, -0.1) is 0 Å². The molecule has 0 aliphatic heterocycles. The Bertz CT molecular complexity index is 426. The van der Waals surface area contributed by atoms with Gasteiger partial charge in [-0.05, 0) is 31.5 Å². The smallest absolute Gasteiger partial charge is 0.376 e. The van der Waals surface area contributed by atoms with Gasteiger partial charge in [-0.3, -0.25) is 0 Å². The van der Waals surface area contributed by atoms with Gasteiger partial charge in [0, 0.05) is 12.6 Å². The summed E-state index contributed by atoms with van der Waals surface area (Å²) in [6, 6.07) is 5.17. The maximum atomic E-state index is 12.4. The molecular formula is C15H20F3NO. The van der Waals surface area contributed by atoms with Crippen molar-refractivity contribution in [2.75, 3.05) is 19.8 Å². The molecule has 1 atom stereocenters. The zero-order valence-electron chi connectivity index (χ0n) is 11.8. The average molecular weight is 287 g/mol. The number of rotatable bonds is 7. The molecule has 0 heterocycles. The standard InChI is InChI=1S/C15H20F3NO/c1-11(2)10-20-9-8-19-12(3)13-4-6-14(7-5-13)15(16,17)18/h4-7,12,19H,1,8-10H2,2-3H3. The van der Waals surface area contributed by atoms with Gasteiger partial charge >= 0.3 is 6.18 Å². The molecule has 1 N–H and O–H groups in total. The molecule has 1 rings (SSSR count). The van der Waals surface area contributed by atoms with E-state index in [1.807, 2.05) is 13.8 Å². The highest BCUT2D eigenvalue weighted by Gasteiger charge is 2.30. The summed E-state index contributed by atoms with van der Waals surface area (Å²) in [5.74, 6) is 0. The molecule has 20 heavy (non-hydrogen) atoms. The van der Waals surface area contributed by atoms with Crippen molar-refractivity contribution >= 4 is 0 Å². The van der Waals surface area contributed by atoms with Gasteiger partial charge in [0.05, 0.1) is 18.8 Å². The quantitative estimate of drug-likeness (QED) is 0.605. The zero-order chi connectivity index (χ0) is 15.2. The Hall–Kier alpha value is -1.33. The second kappa shape index (κ2) is 7.45. The van der Waals surface area contributed by atoms with E-state index >= 15 is 0 Å². The van der Waals surface area contributed by atoms with Crippen molar-refractivity contribution in [3.05, 3.63) is 47.5 Å². The van der Waals surface area contributed by atoms with Crippen LogP contribution in [-0.4, -0.2) is 19.8 Å². The van der Waals surface area contributed by atoms with Crippen molar-refractivity contribution in [2.45, 2.75) is 26.1 Å². The van der Waals surface area contributed by atoms with E-state index in [1.54, 1.807) is 0 Å². The van der Waals surface area contributed by atoms with Gasteiger partial charge in [0.1, 0.15) is 0 Å². The molecule has 0 spiro atoms. The van der Waals surface area contributed by atoms with Crippen LogP contribution >= 0.6 is 0 Å². The first kappa shape index (κ1) is 16.7. The Morgan fingerprint density at radius 1 is 1.30 bits per heavy atom. The SMILES string of the molecule is C=C(C)COCCNC(C)c1ccc(C(F)(F)F)cc1. The fourth-order valence-corrected chi connectivity index (χ4v) is 1.67. The van der Waals surface area contributed by atoms with Crippen LogP contribution in [0.4, 0.5) is 13.2 Å². The lowest BCUT2D eigenvalue weighted by molar-refractivity contribution is -0.137. The Morgan fingerprint density at radius 2 is 1.90 bits per heavy atom. The third-order valence-electron chi connectivity index (χ3n) is 2.78. The lowest BCUT2D eigenvalue weighted by Gasteiger charge is -2.15. The number of benzene rings is 1. The Labute approximate surface area is 117 Å². The fraction of sp³-hybridized carbons (Fsp3) is 0.467. The van der Waals surface area contributed by atoms with Gasteiger partial charge in [0.15, 0.2) is 0 Å². The van der Waals surface area contributed by atoms with Gasteiger partial charge in [-0.25, -0.2) is 0 Å². The summed E-state index contributed by atoms with van der Waals surface area (Å²) in [5.41, 5.74) is 1.15. The number of nitrogens with one attached hydrogen (secondary N) is 1. The molecule has 0 aliphatic rings. The van der Waals surface area contributed by atoms with E-state index in [0.717, 1.165) is 23.3 Å². The van der Waals surface area contributed by atoms with Crippen molar-refractivity contribution in [1.82, 2.24) is 5.32 Å². The highest BCUT2D eigenvalue weighted by atomic mass is 19.4. The maximum absolute atomic E-state index is 12.4. The van der Waals surface area contributed by atoms with Crippen LogP contribution in [0.5, 0.6) is 0 Å². The molecule has 112 valence electrons. The van der Waals surface area contributed by atoms with Gasteiger partial charge < -0.3 is 10.1 Å². The fourth-order valence-electron chi connectivity index (χ4n) is 1.67. The van der Waals surface area contributed by atoms with Gasteiger partial charge in [-0.2, -0.15) is 13.2 Å². The van der Waals surface area contributed by atoms with Crippen LogP contribution in [0.1, 0.15) is 31.0 Å². The van der Waals surface area contributed by atoms with Crippen LogP contribution < -0.4 is 5.32 Å². The van der Waals surface area contributed by atoms with E-state index in [9.17, 15) is 13.2 Å². The summed E-state index contributed by atoms with van der Waals surface area (Å²) in [7, 11) is 0. The molecule has 0 saturated carbocycles. The molecule has 1 aromatic carbocycles. The van der Waals surface area contributed by atoms with E-state index < -0.39 is 11.7 Å². The monoisotopic (exact) mass is 287 g/mol. The molecule has 1 unspecified atom stereocenters. The summed E-state index contributed by atoms with van der Waals surface area (Å²) < 4.78 is 42.6. The molecule has 0 saturated heterocycles. The number of alkyl halides is 3. The molecule has 0 aromatic heterocycles. The maximum Gasteiger partial charge on any atom is 0.416 e. The molecule has 1 aromatic rings. The lowest BCUT2D eigenvalue weighted by atomic mass is 10.1. The van der Waals surface area contributed by atoms with Crippen LogP contribution in [0, 0.1) is 0 Å². The van der Waals surface area contributed by atoms with Crippen LogP contribution in [0.3, 0.4) is 0 Å². The third kappa shape index (κ3) is 5.75. The first-order chi connectivity index (χ1) is 9.30. The molecule has 0 bridgehead atoms. The molecule has 0 radical (unpaired) electrons. The summed E-state index contributed by atoms with van der Waals surface area (Å²) in [5, 5.41) is 3.19. The summed E-state index contributed by atoms with van der Waals surface area (Å²) >= 11 is 0. The van der Waals surface area contributed by atoms with Crippen molar-refractivity contribution in [1.29, 1.82) is 0 Å². The largest absolute Gasteiger partial charge is 0.416 e. The highest BCUT2D eigenvalue weighted by molar-refractivity contribution is 5.26. The Kier molecular flexibility index (Phi) is 6.23. The van der Waals surface area contributed by atoms with Crippen molar-refractivity contribution < 1.29 is 17.9 Å². The third-order valence-corrected chi connectivity index (χ3v) is 2.78. The second-order valence-corrected chi connectivity index (χ2v) is 4.81. The van der Waals surface area contributed by atoms with Gasteiger partial charge in [0.25, 0.3) is 0 Å². The van der Waals surface area contributed by atoms with Crippen LogP contribution in [0.2, 0.25) is 0 Å². The lowest BCUT2D eigenvalue weighted by Crippen LogP contribution is -2.23. The highest BCUT2D eigenvalue weighted by Crippen LogP contribution is 2.29. The summed E-state index contributed by atoms with van der Waals surface area (Å²) in [4.78, 5) is 0. The van der Waals surface area contributed by atoms with E-state index in [2.05, 4.69) is 11.9 Å². The molecule has 0 aliphatic carbocycles. The summed E-state index contributed by atoms with van der Waals surface area (Å²) in [6.45, 7) is 9.22. The van der Waals surface area contributed by atoms with Crippen LogP contribution in [0.15, 0.2) is 36.4 Å². The summed E-state index contributed by atoms with van der Waals surface area (Å²) in [6.07, 6.45) is -4.29. The second-order valence-electron chi connectivity index (χ2n) is 4.81. The molecule has 0 fully saturated rings. The Morgan fingerprint density at radius 3 is 2.40 bits per heavy atom. The molecule has 0 amide bonds. The minimum absolute atomic E-state index is 0.0225. The molecule has 2 nitrogen and oxygen atoms in total. The number of halogens is 3. The van der Waals surface area contributed by atoms with Gasteiger partial charge in [0.2, 0.25) is 0 Å². The normalized spacial score (nSPS) is 13.2. The minimum atomic E-state index is -4.29. The average Bonchev–Trinajstić information content (AvgIpc) is 2.37. The predicted octanol–water partition coefficient (Wildman–Crippen LogP) is 3.95. The number of hydrogen-bond acceptors (Lipinski definition) is 2. The van der Waals surface area contributed by atoms with Crippen molar-refractivity contribution in [3.8, 4) is 0 Å². The predicted molar refractivity (Wildman–Crippen MR) is 73.5 cm³/mol. The van der Waals surface area contributed by atoms with E-state index in [-0.39, 0.29) is 6.04 Å². The topological polar surface area (TPSA) is 21.3 Å². The minimum Gasteiger partial charge on any atom is -0.376 e. The van der Waals surface area contributed by atoms with Crippen LogP contribution in [0.25, 0.3) is 0 Å². The van der Waals surface area contributed by atoms with E-state index in [0.29, 0.717) is 19.8 Å². The first-order valence-electron chi connectivity index (χ1n) is 6.43. The van der Waals surface area contributed by atoms with E-state index in [1.165, 1.54) is 12.1 Å². The van der Waals surface area contributed by atoms with Crippen LogP contribution in [-0.2, 0) is 10.9 Å². The van der Waals surface area contributed by atoms with Gasteiger partial charge in [-0.1, -0.05) is 24.3 Å². The van der Waals surface area contributed by atoms with Crippen molar-refractivity contribution in [2.24, 2.45) is 0 Å². The molecular weight excluding hydrogens is 267 g/mol. The zero-order valence-corrected chi connectivity index (χ0v) is 11.8. The first-order valence-corrected chi connectivity index (χ1v) is 6.43. The molecule has 5 heteroatoms. The Balaban J connectivity index is 2.40. The number of ether oxygens (including phenoxy) is 1. The van der Waals surface area contributed by atoms with Crippen molar-refractivity contribution in [3.63, 3.8) is 0 Å². The number of hydrogen-bond donors (Lipinski definition) is 1.